The normalized spacial score (nSPS) is 10.4. The molecule has 0 atom stereocenters. The molecule has 0 amide bonds. The zero-order chi connectivity index (χ0) is 13.8. The Morgan fingerprint density at radius 1 is 1.32 bits per heavy atom. The largest absolute Gasteiger partial charge is 0.481 e. The van der Waals surface area contributed by atoms with Crippen LogP contribution in [0.15, 0.2) is 34.8 Å². The molecule has 100 valence electrons. The molecule has 2 aromatic rings. The number of aliphatic carboxylic acids is 1. The van der Waals surface area contributed by atoms with Crippen molar-refractivity contribution in [3.05, 3.63) is 49.6 Å². The van der Waals surface area contributed by atoms with E-state index in [1.54, 1.807) is 0 Å². The molecule has 2 N–H and O–H groups in total. The van der Waals surface area contributed by atoms with E-state index in [0.717, 1.165) is 19.9 Å². The quantitative estimate of drug-likeness (QED) is 0.830. The summed E-state index contributed by atoms with van der Waals surface area (Å²) in [6.07, 6.45) is 0.0731. The summed E-state index contributed by atoms with van der Waals surface area (Å²) in [6, 6.07) is 9.42. The average molecular weight is 361 g/mol. The van der Waals surface area contributed by atoms with Gasteiger partial charge in [0.25, 0.3) is 0 Å². The molecule has 1 aromatic carbocycles. The summed E-state index contributed by atoms with van der Waals surface area (Å²) >= 11 is 10.9. The first-order valence-corrected chi connectivity index (χ1v) is 7.51. The first kappa shape index (κ1) is 14.4. The van der Waals surface area contributed by atoms with Gasteiger partial charge in [0.1, 0.15) is 0 Å². The fourth-order valence-corrected chi connectivity index (χ4v) is 3.27. The van der Waals surface area contributed by atoms with Gasteiger partial charge in [0.15, 0.2) is 0 Å². The van der Waals surface area contributed by atoms with E-state index in [4.69, 9.17) is 16.7 Å². The lowest BCUT2D eigenvalue weighted by Crippen LogP contribution is -1.98. The summed E-state index contributed by atoms with van der Waals surface area (Å²) in [7, 11) is 0. The van der Waals surface area contributed by atoms with Gasteiger partial charge in [-0.3, -0.25) is 4.79 Å². The number of carboxylic acids is 1. The second-order valence-electron chi connectivity index (χ2n) is 3.92. The molecule has 0 saturated carbocycles. The molecular formula is C13H11BrClNO2S. The van der Waals surface area contributed by atoms with Gasteiger partial charge in [-0.05, 0) is 30.3 Å². The summed E-state index contributed by atoms with van der Waals surface area (Å²) in [5, 5.41) is 12.6. The smallest absolute Gasteiger partial charge is 0.308 e. The minimum atomic E-state index is -0.808. The van der Waals surface area contributed by atoms with Crippen molar-refractivity contribution in [2.24, 2.45) is 0 Å². The highest BCUT2D eigenvalue weighted by Gasteiger charge is 2.05. The molecule has 0 spiro atoms. The number of benzene rings is 1. The lowest BCUT2D eigenvalue weighted by molar-refractivity contribution is -0.136. The highest BCUT2D eigenvalue weighted by atomic mass is 79.9. The van der Waals surface area contributed by atoms with Gasteiger partial charge in [0.05, 0.1) is 17.1 Å². The first-order chi connectivity index (χ1) is 9.04. The van der Waals surface area contributed by atoms with Crippen LogP contribution in [-0.2, 0) is 17.8 Å². The van der Waals surface area contributed by atoms with Gasteiger partial charge in [0, 0.05) is 20.8 Å². The zero-order valence-corrected chi connectivity index (χ0v) is 13.0. The van der Waals surface area contributed by atoms with Crippen LogP contribution < -0.4 is 5.32 Å². The molecule has 0 unspecified atom stereocenters. The molecule has 6 heteroatoms. The Balaban J connectivity index is 1.98. The molecule has 0 aliphatic heterocycles. The van der Waals surface area contributed by atoms with E-state index in [2.05, 4.69) is 21.2 Å². The molecule has 0 aliphatic carbocycles. The fraction of sp³-hybridized carbons (Fsp3) is 0.154. The number of thiophene rings is 1. The molecular weight excluding hydrogens is 350 g/mol. The molecule has 19 heavy (non-hydrogen) atoms. The average Bonchev–Trinajstić information content (AvgIpc) is 2.74. The van der Waals surface area contributed by atoms with Crippen molar-refractivity contribution < 1.29 is 9.90 Å². The maximum absolute atomic E-state index is 10.6. The van der Waals surface area contributed by atoms with Crippen LogP contribution >= 0.6 is 38.9 Å². The van der Waals surface area contributed by atoms with Gasteiger partial charge in [-0.25, -0.2) is 0 Å². The van der Waals surface area contributed by atoms with Crippen molar-refractivity contribution in [3.63, 3.8) is 0 Å². The van der Waals surface area contributed by atoms with Crippen molar-refractivity contribution >= 4 is 50.5 Å². The summed E-state index contributed by atoms with van der Waals surface area (Å²) in [5.74, 6) is -0.808. The topological polar surface area (TPSA) is 49.3 Å². The minimum Gasteiger partial charge on any atom is -0.481 e. The molecule has 0 aliphatic rings. The summed E-state index contributed by atoms with van der Waals surface area (Å²) in [6.45, 7) is 0.631. The molecule has 0 saturated heterocycles. The SMILES string of the molecule is O=C(O)Cc1ccc(CNc2ccc(Br)cc2Cl)s1. The van der Waals surface area contributed by atoms with Crippen LogP contribution in [0.1, 0.15) is 9.75 Å². The van der Waals surface area contributed by atoms with E-state index in [0.29, 0.717) is 11.6 Å². The summed E-state index contributed by atoms with van der Waals surface area (Å²) < 4.78 is 0.933. The highest BCUT2D eigenvalue weighted by Crippen LogP contribution is 2.27. The number of halogens is 2. The standard InChI is InChI=1S/C13H11BrClNO2S/c14-8-1-4-12(11(15)5-8)16-7-10-3-2-9(19-10)6-13(17)18/h1-5,16H,6-7H2,(H,17,18). The predicted molar refractivity (Wildman–Crippen MR) is 82.1 cm³/mol. The lowest BCUT2D eigenvalue weighted by Gasteiger charge is -2.07. The van der Waals surface area contributed by atoms with E-state index in [9.17, 15) is 4.79 Å². The fourth-order valence-electron chi connectivity index (χ4n) is 1.58. The van der Waals surface area contributed by atoms with Crippen molar-refractivity contribution in [2.75, 3.05) is 5.32 Å². The molecule has 0 radical (unpaired) electrons. The minimum absolute atomic E-state index is 0.0731. The van der Waals surface area contributed by atoms with Gasteiger partial charge in [-0.1, -0.05) is 27.5 Å². The third-order valence-electron chi connectivity index (χ3n) is 2.43. The van der Waals surface area contributed by atoms with Crippen LogP contribution in [-0.4, -0.2) is 11.1 Å². The number of anilines is 1. The number of rotatable bonds is 5. The van der Waals surface area contributed by atoms with Crippen LogP contribution in [0.3, 0.4) is 0 Å². The van der Waals surface area contributed by atoms with Crippen LogP contribution in [0.4, 0.5) is 5.69 Å². The van der Waals surface area contributed by atoms with E-state index in [1.165, 1.54) is 11.3 Å². The Morgan fingerprint density at radius 3 is 2.74 bits per heavy atom. The number of hydrogen-bond donors (Lipinski definition) is 2. The molecule has 3 nitrogen and oxygen atoms in total. The number of carboxylic acid groups (broad SMARTS) is 1. The Morgan fingerprint density at radius 2 is 2.05 bits per heavy atom. The van der Waals surface area contributed by atoms with Gasteiger partial charge in [-0.2, -0.15) is 0 Å². The molecule has 1 aromatic heterocycles. The van der Waals surface area contributed by atoms with Crippen LogP contribution in [0.2, 0.25) is 5.02 Å². The number of carbonyl (C=O) groups is 1. The molecule has 0 bridgehead atoms. The van der Waals surface area contributed by atoms with Gasteiger partial charge in [0.2, 0.25) is 0 Å². The maximum Gasteiger partial charge on any atom is 0.308 e. The Hall–Kier alpha value is -1.04. The number of hydrogen-bond acceptors (Lipinski definition) is 3. The third-order valence-corrected chi connectivity index (χ3v) is 4.32. The molecule has 0 fully saturated rings. The van der Waals surface area contributed by atoms with Crippen molar-refractivity contribution in [3.8, 4) is 0 Å². The van der Waals surface area contributed by atoms with E-state index in [-0.39, 0.29) is 6.42 Å². The van der Waals surface area contributed by atoms with Crippen LogP contribution in [0, 0.1) is 0 Å². The second-order valence-corrected chi connectivity index (χ2v) is 6.49. The van der Waals surface area contributed by atoms with E-state index < -0.39 is 5.97 Å². The van der Waals surface area contributed by atoms with E-state index >= 15 is 0 Å². The Bertz CT molecular complexity index is 600. The van der Waals surface area contributed by atoms with Crippen molar-refractivity contribution in [2.45, 2.75) is 13.0 Å². The molecule has 1 heterocycles. The summed E-state index contributed by atoms with van der Waals surface area (Å²) in [5.41, 5.74) is 0.859. The van der Waals surface area contributed by atoms with Gasteiger partial charge >= 0.3 is 5.97 Å². The van der Waals surface area contributed by atoms with Gasteiger partial charge in [-0.15, -0.1) is 11.3 Å². The summed E-state index contributed by atoms with van der Waals surface area (Å²) in [4.78, 5) is 12.5. The third kappa shape index (κ3) is 4.23. The van der Waals surface area contributed by atoms with Crippen LogP contribution in [0.25, 0.3) is 0 Å². The predicted octanol–water partition coefficient (Wildman–Crippen LogP) is 4.40. The second kappa shape index (κ2) is 6.41. The van der Waals surface area contributed by atoms with E-state index in [1.807, 2.05) is 30.3 Å². The lowest BCUT2D eigenvalue weighted by atomic mass is 10.3. The monoisotopic (exact) mass is 359 g/mol. The van der Waals surface area contributed by atoms with Crippen molar-refractivity contribution in [1.29, 1.82) is 0 Å². The Labute approximate surface area is 128 Å². The zero-order valence-electron chi connectivity index (χ0n) is 9.82. The van der Waals surface area contributed by atoms with Crippen molar-refractivity contribution in [1.82, 2.24) is 0 Å². The first-order valence-electron chi connectivity index (χ1n) is 5.53. The Kier molecular flexibility index (Phi) is 4.85. The van der Waals surface area contributed by atoms with Gasteiger partial charge < -0.3 is 10.4 Å². The van der Waals surface area contributed by atoms with Crippen LogP contribution in [0.5, 0.6) is 0 Å². The molecule has 2 rings (SSSR count). The highest BCUT2D eigenvalue weighted by molar-refractivity contribution is 9.10. The maximum atomic E-state index is 10.6. The number of nitrogens with one attached hydrogen (secondary N) is 1.